The van der Waals surface area contributed by atoms with Crippen molar-refractivity contribution in [1.82, 2.24) is 10.8 Å². The molecule has 0 rings (SSSR count). The summed E-state index contributed by atoms with van der Waals surface area (Å²) in [5.41, 5.74) is 2.68. The van der Waals surface area contributed by atoms with Crippen LogP contribution in [0.2, 0.25) is 0 Å². The molecule has 0 amide bonds. The molecule has 0 aromatic rings. The summed E-state index contributed by atoms with van der Waals surface area (Å²) in [4.78, 5) is 8.76. The number of hydrogen-bond acceptors (Lipinski definition) is 3. The van der Waals surface area contributed by atoms with E-state index in [4.69, 9.17) is 4.84 Å². The van der Waals surface area contributed by atoms with Crippen molar-refractivity contribution in [1.29, 1.82) is 0 Å². The van der Waals surface area contributed by atoms with E-state index in [1.165, 1.54) is 6.42 Å². The highest BCUT2D eigenvalue weighted by Crippen LogP contribution is 2.26. The number of thioether (sulfide) groups is 1. The first-order chi connectivity index (χ1) is 7.05. The third-order valence-corrected chi connectivity index (χ3v) is 3.53. The van der Waals surface area contributed by atoms with E-state index < -0.39 is 0 Å². The van der Waals surface area contributed by atoms with Crippen LogP contribution in [0.3, 0.4) is 0 Å². The number of hydroxylamine groups is 1. The second kappa shape index (κ2) is 7.82. The minimum Gasteiger partial charge on any atom is -0.355 e. The van der Waals surface area contributed by atoms with Gasteiger partial charge in [-0.25, -0.2) is 5.48 Å². The summed E-state index contributed by atoms with van der Waals surface area (Å²) in [6, 6.07) is 0. The van der Waals surface area contributed by atoms with Gasteiger partial charge in [0, 0.05) is 18.3 Å². The average molecular weight is 233 g/mol. The van der Waals surface area contributed by atoms with Crippen molar-refractivity contribution in [2.45, 2.75) is 31.4 Å². The predicted octanol–water partition coefficient (Wildman–Crippen LogP) is 1.63. The third-order valence-electron chi connectivity index (χ3n) is 2.22. The Hall–Kier alpha value is -0.420. The second-order valence-electron chi connectivity index (χ2n) is 3.87. The molecule has 0 aromatic heterocycles. The summed E-state index contributed by atoms with van der Waals surface area (Å²) in [6.07, 6.45) is 4.46. The van der Waals surface area contributed by atoms with E-state index >= 15 is 0 Å². The Kier molecular flexibility index (Phi) is 7.60. The van der Waals surface area contributed by atoms with Crippen LogP contribution in [0.1, 0.15) is 26.7 Å². The monoisotopic (exact) mass is 233 g/mol. The van der Waals surface area contributed by atoms with Crippen molar-refractivity contribution in [3.05, 3.63) is 0 Å². The SMILES string of the molecule is CN=C(NCCCC(C)(C)SC)NOC. The summed E-state index contributed by atoms with van der Waals surface area (Å²) in [5.74, 6) is 0.680. The summed E-state index contributed by atoms with van der Waals surface area (Å²) in [5, 5.41) is 3.17. The van der Waals surface area contributed by atoms with Crippen LogP contribution in [0.15, 0.2) is 4.99 Å². The molecule has 0 radical (unpaired) electrons. The van der Waals surface area contributed by atoms with Crippen LogP contribution in [0.25, 0.3) is 0 Å². The predicted molar refractivity (Wildman–Crippen MR) is 68.3 cm³/mol. The van der Waals surface area contributed by atoms with Gasteiger partial charge in [0.25, 0.3) is 0 Å². The van der Waals surface area contributed by atoms with Crippen molar-refractivity contribution in [3.63, 3.8) is 0 Å². The van der Waals surface area contributed by atoms with Crippen molar-refractivity contribution >= 4 is 17.7 Å². The number of aliphatic imine (C=N–C) groups is 1. The lowest BCUT2D eigenvalue weighted by Gasteiger charge is -2.21. The van der Waals surface area contributed by atoms with E-state index in [0.29, 0.717) is 10.7 Å². The third kappa shape index (κ3) is 7.50. The molecular weight excluding hydrogens is 210 g/mol. The number of nitrogens with zero attached hydrogens (tertiary/aromatic N) is 1. The van der Waals surface area contributed by atoms with Crippen LogP contribution >= 0.6 is 11.8 Å². The molecule has 0 saturated carbocycles. The summed E-state index contributed by atoms with van der Waals surface area (Å²) < 4.78 is 0.361. The maximum absolute atomic E-state index is 4.77. The largest absolute Gasteiger partial charge is 0.355 e. The minimum atomic E-state index is 0.361. The zero-order chi connectivity index (χ0) is 11.7. The van der Waals surface area contributed by atoms with Crippen LogP contribution in [-0.2, 0) is 4.84 Å². The highest BCUT2D eigenvalue weighted by atomic mass is 32.2. The molecule has 5 heteroatoms. The molecule has 0 atom stereocenters. The van der Waals surface area contributed by atoms with E-state index in [0.717, 1.165) is 13.0 Å². The van der Waals surface area contributed by atoms with E-state index in [1.54, 1.807) is 14.2 Å². The number of rotatable bonds is 6. The maximum atomic E-state index is 4.77. The lowest BCUT2D eigenvalue weighted by molar-refractivity contribution is 0.141. The van der Waals surface area contributed by atoms with Gasteiger partial charge in [-0.15, -0.1) is 0 Å². The van der Waals surface area contributed by atoms with Crippen molar-refractivity contribution in [2.75, 3.05) is 27.0 Å². The molecule has 0 aliphatic heterocycles. The van der Waals surface area contributed by atoms with Gasteiger partial charge in [0.05, 0.1) is 7.11 Å². The van der Waals surface area contributed by atoms with E-state index in [2.05, 4.69) is 35.9 Å². The van der Waals surface area contributed by atoms with Gasteiger partial charge in [0.2, 0.25) is 5.96 Å². The maximum Gasteiger partial charge on any atom is 0.215 e. The molecule has 15 heavy (non-hydrogen) atoms. The Morgan fingerprint density at radius 2 is 2.13 bits per heavy atom. The van der Waals surface area contributed by atoms with Gasteiger partial charge in [0.15, 0.2) is 0 Å². The lowest BCUT2D eigenvalue weighted by Crippen LogP contribution is -2.37. The van der Waals surface area contributed by atoms with Gasteiger partial charge >= 0.3 is 0 Å². The molecule has 0 heterocycles. The zero-order valence-electron chi connectivity index (χ0n) is 10.4. The Bertz CT molecular complexity index is 195. The molecule has 90 valence electrons. The van der Waals surface area contributed by atoms with E-state index in [1.807, 2.05) is 11.8 Å². The summed E-state index contributed by atoms with van der Waals surface area (Å²) in [7, 11) is 3.30. The van der Waals surface area contributed by atoms with Crippen LogP contribution < -0.4 is 10.8 Å². The molecular formula is C10H23N3OS. The fraction of sp³-hybridized carbons (Fsp3) is 0.900. The standard InChI is InChI=1S/C10H23N3OS/c1-10(2,15-5)7-6-8-12-9(11-3)13-14-4/h6-8H2,1-5H3,(H2,11,12,13). The normalized spacial score (nSPS) is 12.7. The second-order valence-corrected chi connectivity index (χ2v) is 5.39. The Morgan fingerprint density at radius 3 is 2.60 bits per heavy atom. The van der Waals surface area contributed by atoms with Gasteiger partial charge in [-0.2, -0.15) is 11.8 Å². The number of guanidine groups is 1. The van der Waals surface area contributed by atoms with Gasteiger partial charge in [0.1, 0.15) is 0 Å². The molecule has 2 N–H and O–H groups in total. The van der Waals surface area contributed by atoms with Gasteiger partial charge in [-0.3, -0.25) is 9.83 Å². The van der Waals surface area contributed by atoms with E-state index in [9.17, 15) is 0 Å². The smallest absolute Gasteiger partial charge is 0.215 e. The molecule has 0 saturated heterocycles. The molecule has 0 fully saturated rings. The zero-order valence-corrected chi connectivity index (χ0v) is 11.2. The molecule has 4 nitrogen and oxygen atoms in total. The quantitative estimate of drug-likeness (QED) is 0.317. The van der Waals surface area contributed by atoms with Crippen LogP contribution in [0.4, 0.5) is 0 Å². The first kappa shape index (κ1) is 14.6. The number of hydrogen-bond donors (Lipinski definition) is 2. The van der Waals surface area contributed by atoms with Crippen molar-refractivity contribution in [3.8, 4) is 0 Å². The fourth-order valence-electron chi connectivity index (χ4n) is 1.08. The van der Waals surface area contributed by atoms with Gasteiger partial charge in [-0.1, -0.05) is 13.8 Å². The first-order valence-electron chi connectivity index (χ1n) is 5.10. The van der Waals surface area contributed by atoms with Crippen LogP contribution in [0.5, 0.6) is 0 Å². The highest BCUT2D eigenvalue weighted by molar-refractivity contribution is 7.99. The Labute approximate surface area is 97.2 Å². The summed E-state index contributed by atoms with van der Waals surface area (Å²) >= 11 is 1.90. The molecule has 0 aliphatic carbocycles. The van der Waals surface area contributed by atoms with Gasteiger partial charge < -0.3 is 5.32 Å². The number of nitrogens with one attached hydrogen (secondary N) is 2. The van der Waals surface area contributed by atoms with Crippen LogP contribution in [-0.4, -0.2) is 37.7 Å². The van der Waals surface area contributed by atoms with Gasteiger partial charge in [-0.05, 0) is 19.1 Å². The highest BCUT2D eigenvalue weighted by Gasteiger charge is 2.14. The van der Waals surface area contributed by atoms with E-state index in [-0.39, 0.29) is 0 Å². The van der Waals surface area contributed by atoms with Crippen LogP contribution in [0, 0.1) is 0 Å². The molecule has 0 aromatic carbocycles. The molecule has 0 spiro atoms. The van der Waals surface area contributed by atoms with Crippen molar-refractivity contribution in [2.24, 2.45) is 4.99 Å². The lowest BCUT2D eigenvalue weighted by atomic mass is 10.1. The topological polar surface area (TPSA) is 45.7 Å². The fourth-order valence-corrected chi connectivity index (χ4v) is 1.43. The molecule has 0 bridgehead atoms. The minimum absolute atomic E-state index is 0.361. The molecule has 0 unspecified atom stereocenters. The van der Waals surface area contributed by atoms with Crippen molar-refractivity contribution < 1.29 is 4.84 Å². The molecule has 0 aliphatic rings. The Morgan fingerprint density at radius 1 is 1.47 bits per heavy atom. The first-order valence-corrected chi connectivity index (χ1v) is 6.33. The summed E-state index contributed by atoms with van der Waals surface area (Å²) in [6.45, 7) is 5.44. The Balaban J connectivity index is 3.61. The average Bonchev–Trinajstić information content (AvgIpc) is 2.22.